The Kier molecular flexibility index (Phi) is 1.93. The Bertz CT molecular complexity index is 534. The van der Waals surface area contributed by atoms with Crippen LogP contribution in [-0.4, -0.2) is 28.2 Å². The van der Waals surface area contributed by atoms with Crippen molar-refractivity contribution in [2.75, 3.05) is 12.8 Å². The zero-order valence-electron chi connectivity index (χ0n) is 7.72. The number of fused-ring (bicyclic) bond motifs is 1. The number of hydrogen-bond acceptors (Lipinski definition) is 7. The molecule has 15 heavy (non-hydrogen) atoms. The lowest BCUT2D eigenvalue weighted by atomic mass is 10.3. The molecule has 0 spiro atoms. The third-order valence-corrected chi connectivity index (χ3v) is 1.81. The van der Waals surface area contributed by atoms with E-state index in [2.05, 4.69) is 14.7 Å². The maximum Gasteiger partial charge on any atom is 0.378 e. The van der Waals surface area contributed by atoms with E-state index in [4.69, 9.17) is 10.2 Å². The monoisotopic (exact) mass is 209 g/mol. The van der Waals surface area contributed by atoms with E-state index in [1.165, 1.54) is 13.3 Å². The van der Waals surface area contributed by atoms with Gasteiger partial charge in [0.15, 0.2) is 5.75 Å². The lowest BCUT2D eigenvalue weighted by molar-refractivity contribution is 0.0563. The summed E-state index contributed by atoms with van der Waals surface area (Å²) in [6.07, 6.45) is 1.27. The van der Waals surface area contributed by atoms with E-state index in [0.29, 0.717) is 0 Å². The fourth-order valence-electron chi connectivity index (χ4n) is 1.12. The van der Waals surface area contributed by atoms with E-state index in [9.17, 15) is 9.90 Å². The first-order chi connectivity index (χ1) is 7.13. The molecule has 0 atom stereocenters. The second-order valence-electron chi connectivity index (χ2n) is 2.72. The molecule has 0 aliphatic heterocycles. The molecule has 2 aromatic heterocycles. The number of anilines is 1. The Balaban J connectivity index is 2.69. The Morgan fingerprint density at radius 1 is 1.67 bits per heavy atom. The number of nitrogens with two attached hydrogens (primary N) is 1. The van der Waals surface area contributed by atoms with Gasteiger partial charge >= 0.3 is 5.97 Å². The molecule has 0 saturated heterocycles. The molecule has 2 aromatic rings. The molecule has 0 bridgehead atoms. The van der Waals surface area contributed by atoms with Gasteiger partial charge in [0.2, 0.25) is 11.7 Å². The van der Waals surface area contributed by atoms with Crippen LogP contribution < -0.4 is 5.73 Å². The van der Waals surface area contributed by atoms with Gasteiger partial charge in [-0.1, -0.05) is 0 Å². The number of esters is 1. The van der Waals surface area contributed by atoms with Crippen LogP contribution in [0.5, 0.6) is 5.75 Å². The number of methoxy groups -OCH3 is 1. The minimum absolute atomic E-state index is 0.00679. The van der Waals surface area contributed by atoms with Gasteiger partial charge in [-0.2, -0.15) is 4.98 Å². The van der Waals surface area contributed by atoms with Crippen LogP contribution in [0.2, 0.25) is 0 Å². The molecule has 0 unspecified atom stereocenters. The minimum Gasteiger partial charge on any atom is -0.503 e. The van der Waals surface area contributed by atoms with Gasteiger partial charge in [0, 0.05) is 6.20 Å². The predicted molar refractivity (Wildman–Crippen MR) is 49.2 cm³/mol. The van der Waals surface area contributed by atoms with Crippen LogP contribution in [0, 0.1) is 0 Å². The topological polar surface area (TPSA) is 111 Å². The quantitative estimate of drug-likeness (QED) is 0.649. The first kappa shape index (κ1) is 9.25. The maximum atomic E-state index is 11.1. The summed E-state index contributed by atoms with van der Waals surface area (Å²) < 4.78 is 9.38. The molecule has 2 heterocycles. The van der Waals surface area contributed by atoms with Gasteiger partial charge in [0.05, 0.1) is 7.11 Å². The SMILES string of the molecule is COC(=O)c1oc2nc(N)ncc2c1O. The van der Waals surface area contributed by atoms with Crippen LogP contribution in [0.25, 0.3) is 11.1 Å². The van der Waals surface area contributed by atoms with Gasteiger partial charge in [-0.25, -0.2) is 9.78 Å². The summed E-state index contributed by atoms with van der Waals surface area (Å²) in [6, 6.07) is 0. The Morgan fingerprint density at radius 2 is 2.40 bits per heavy atom. The van der Waals surface area contributed by atoms with Crippen molar-refractivity contribution in [2.24, 2.45) is 0 Å². The molecular weight excluding hydrogens is 202 g/mol. The Labute approximate surface area is 83.5 Å². The van der Waals surface area contributed by atoms with E-state index in [1.54, 1.807) is 0 Å². The van der Waals surface area contributed by atoms with Gasteiger partial charge in [-0.05, 0) is 0 Å². The number of ether oxygens (including phenoxy) is 1. The summed E-state index contributed by atoms with van der Waals surface area (Å²) >= 11 is 0. The average molecular weight is 209 g/mol. The maximum absolute atomic E-state index is 11.1. The van der Waals surface area contributed by atoms with Crippen LogP contribution in [0.1, 0.15) is 10.6 Å². The standard InChI is InChI=1S/C8H7N3O4/c1-14-7(13)5-4(12)3-2-10-8(9)11-6(3)15-5/h2,12H,1H3,(H2,9,10,11). The van der Waals surface area contributed by atoms with Gasteiger partial charge in [-0.3, -0.25) is 0 Å². The molecule has 3 N–H and O–H groups in total. The molecule has 78 valence electrons. The number of nitrogen functional groups attached to an aromatic ring is 1. The number of nitrogens with zero attached hydrogens (tertiary/aromatic N) is 2. The van der Waals surface area contributed by atoms with Crippen molar-refractivity contribution >= 4 is 23.0 Å². The fourth-order valence-corrected chi connectivity index (χ4v) is 1.12. The highest BCUT2D eigenvalue weighted by molar-refractivity contribution is 5.97. The molecule has 0 radical (unpaired) electrons. The molecule has 7 nitrogen and oxygen atoms in total. The van der Waals surface area contributed by atoms with Gasteiger partial charge in [0.1, 0.15) is 5.39 Å². The van der Waals surface area contributed by atoms with E-state index in [1.807, 2.05) is 0 Å². The third kappa shape index (κ3) is 1.33. The van der Waals surface area contributed by atoms with Gasteiger partial charge < -0.3 is 20.0 Å². The van der Waals surface area contributed by atoms with Crippen molar-refractivity contribution in [2.45, 2.75) is 0 Å². The number of hydrogen-bond donors (Lipinski definition) is 2. The second kappa shape index (κ2) is 3.12. The van der Waals surface area contributed by atoms with Crippen LogP contribution in [0.4, 0.5) is 5.95 Å². The molecule has 7 heteroatoms. The van der Waals surface area contributed by atoms with E-state index < -0.39 is 5.97 Å². The number of aromatic hydroxyl groups is 1. The zero-order valence-corrected chi connectivity index (χ0v) is 7.72. The van der Waals surface area contributed by atoms with E-state index in [-0.39, 0.29) is 28.6 Å². The van der Waals surface area contributed by atoms with Crippen molar-refractivity contribution in [3.8, 4) is 5.75 Å². The number of aromatic nitrogens is 2. The van der Waals surface area contributed by atoms with Crippen molar-refractivity contribution < 1.29 is 19.1 Å². The molecular formula is C8H7N3O4. The fraction of sp³-hybridized carbons (Fsp3) is 0.125. The highest BCUT2D eigenvalue weighted by Crippen LogP contribution is 2.30. The lowest BCUT2D eigenvalue weighted by Crippen LogP contribution is -1.98. The van der Waals surface area contributed by atoms with Crippen molar-refractivity contribution in [3.05, 3.63) is 12.0 Å². The lowest BCUT2D eigenvalue weighted by Gasteiger charge is -1.92. The molecule has 0 saturated carbocycles. The average Bonchev–Trinajstić information content (AvgIpc) is 2.54. The highest BCUT2D eigenvalue weighted by atomic mass is 16.5. The van der Waals surface area contributed by atoms with Crippen molar-refractivity contribution in [3.63, 3.8) is 0 Å². The summed E-state index contributed by atoms with van der Waals surface area (Å²) in [5.74, 6) is -1.46. The summed E-state index contributed by atoms with van der Waals surface area (Å²) in [7, 11) is 1.18. The molecule has 0 amide bonds. The van der Waals surface area contributed by atoms with Crippen LogP contribution in [-0.2, 0) is 4.74 Å². The number of furan rings is 1. The second-order valence-corrected chi connectivity index (χ2v) is 2.72. The summed E-state index contributed by atoms with van der Waals surface area (Å²) in [4.78, 5) is 18.5. The Morgan fingerprint density at radius 3 is 3.07 bits per heavy atom. The minimum atomic E-state index is -0.788. The predicted octanol–water partition coefficient (Wildman–Crippen LogP) is 0.297. The summed E-state index contributed by atoms with van der Waals surface area (Å²) in [5.41, 5.74) is 5.35. The highest BCUT2D eigenvalue weighted by Gasteiger charge is 2.21. The van der Waals surface area contributed by atoms with Crippen LogP contribution in [0.15, 0.2) is 10.6 Å². The third-order valence-electron chi connectivity index (χ3n) is 1.81. The van der Waals surface area contributed by atoms with Crippen LogP contribution in [0.3, 0.4) is 0 Å². The normalized spacial score (nSPS) is 10.5. The number of rotatable bonds is 1. The molecule has 0 fully saturated rings. The first-order valence-electron chi connectivity index (χ1n) is 3.95. The van der Waals surface area contributed by atoms with Gasteiger partial charge in [0.25, 0.3) is 5.76 Å². The van der Waals surface area contributed by atoms with Crippen molar-refractivity contribution in [1.29, 1.82) is 0 Å². The van der Waals surface area contributed by atoms with Gasteiger partial charge in [-0.15, -0.1) is 0 Å². The molecule has 0 aromatic carbocycles. The van der Waals surface area contributed by atoms with Crippen LogP contribution >= 0.6 is 0 Å². The zero-order chi connectivity index (χ0) is 11.0. The molecule has 0 aliphatic rings. The summed E-state index contributed by atoms with van der Waals surface area (Å²) in [6.45, 7) is 0. The van der Waals surface area contributed by atoms with Crippen molar-refractivity contribution in [1.82, 2.24) is 9.97 Å². The smallest absolute Gasteiger partial charge is 0.378 e. The first-order valence-corrected chi connectivity index (χ1v) is 3.95. The molecule has 2 rings (SSSR count). The Hall–Kier alpha value is -2.31. The largest absolute Gasteiger partial charge is 0.503 e. The summed E-state index contributed by atoms with van der Waals surface area (Å²) in [5, 5.41) is 9.78. The van der Waals surface area contributed by atoms with E-state index in [0.717, 1.165) is 0 Å². The number of carbonyl (C=O) groups is 1. The number of carbonyl (C=O) groups excluding carboxylic acids is 1. The molecule has 0 aliphatic carbocycles. The van der Waals surface area contributed by atoms with E-state index >= 15 is 0 Å².